The van der Waals surface area contributed by atoms with Crippen LogP contribution < -0.4 is 14.2 Å². The second-order valence-electron chi connectivity index (χ2n) is 7.60. The second-order valence-corrected chi connectivity index (χ2v) is 7.60. The van der Waals surface area contributed by atoms with Crippen molar-refractivity contribution in [3.8, 4) is 28.7 Å². The van der Waals surface area contributed by atoms with Gasteiger partial charge >= 0.3 is 0 Å². The molecule has 2 N–H and O–H groups in total. The van der Waals surface area contributed by atoms with Crippen molar-refractivity contribution in [2.75, 3.05) is 13.7 Å². The monoisotopic (exact) mass is 414 g/mol. The molecule has 162 valence electrons. The van der Waals surface area contributed by atoms with Crippen LogP contribution in [0.4, 0.5) is 0 Å². The molecule has 0 radical (unpaired) electrons. The third-order valence-electron chi connectivity index (χ3n) is 5.32. The number of Topliss-reactive ketones (excluding diaryl/α,β-unsaturated/α-hetero) is 1. The van der Waals surface area contributed by atoms with E-state index in [0.717, 1.165) is 12.8 Å². The van der Waals surface area contributed by atoms with E-state index >= 15 is 0 Å². The largest absolute Gasteiger partial charge is 0.507 e. The first-order valence-electron chi connectivity index (χ1n) is 10.6. The van der Waals surface area contributed by atoms with E-state index in [1.165, 1.54) is 44.9 Å². The fourth-order valence-corrected chi connectivity index (χ4v) is 3.66. The van der Waals surface area contributed by atoms with Crippen molar-refractivity contribution >= 4 is 5.78 Å². The Balaban J connectivity index is 1.67. The lowest BCUT2D eigenvalue weighted by Crippen LogP contribution is -2.20. The van der Waals surface area contributed by atoms with Crippen LogP contribution in [0.15, 0.2) is 30.3 Å². The number of benzene rings is 2. The summed E-state index contributed by atoms with van der Waals surface area (Å²) in [6.45, 7) is 2.74. The summed E-state index contributed by atoms with van der Waals surface area (Å²) in [7, 11) is 1.47. The molecule has 0 saturated carbocycles. The number of carbonyl (C=O) groups excluding carboxylic acids is 1. The van der Waals surface area contributed by atoms with Crippen LogP contribution in [0, 0.1) is 0 Å². The number of methoxy groups -OCH3 is 1. The topological polar surface area (TPSA) is 85.2 Å². The quantitative estimate of drug-likeness (QED) is 0.496. The minimum absolute atomic E-state index is 0.0179. The van der Waals surface area contributed by atoms with Gasteiger partial charge in [-0.1, -0.05) is 45.1 Å². The van der Waals surface area contributed by atoms with Gasteiger partial charge in [0.05, 0.1) is 20.1 Å². The number of ketones is 1. The molecule has 0 aliphatic carbocycles. The average Bonchev–Trinajstić information content (AvgIpc) is 2.72. The molecule has 0 saturated heterocycles. The van der Waals surface area contributed by atoms with E-state index in [2.05, 4.69) is 6.92 Å². The van der Waals surface area contributed by atoms with Crippen molar-refractivity contribution in [1.82, 2.24) is 0 Å². The van der Waals surface area contributed by atoms with Gasteiger partial charge in [0.2, 0.25) is 0 Å². The highest BCUT2D eigenvalue weighted by molar-refractivity contribution is 6.02. The summed E-state index contributed by atoms with van der Waals surface area (Å²) >= 11 is 0. The molecule has 0 fully saturated rings. The molecule has 1 atom stereocenters. The number of unbranched alkanes of at least 4 members (excludes halogenated alkanes) is 5. The summed E-state index contributed by atoms with van der Waals surface area (Å²) in [5.41, 5.74) is 0.834. The van der Waals surface area contributed by atoms with Gasteiger partial charge in [-0.2, -0.15) is 0 Å². The van der Waals surface area contributed by atoms with Crippen molar-refractivity contribution in [3.63, 3.8) is 0 Å². The fourth-order valence-electron chi connectivity index (χ4n) is 3.66. The van der Waals surface area contributed by atoms with Gasteiger partial charge in [0.25, 0.3) is 0 Å². The van der Waals surface area contributed by atoms with Crippen LogP contribution in [0.5, 0.6) is 28.7 Å². The summed E-state index contributed by atoms with van der Waals surface area (Å²) < 4.78 is 16.8. The van der Waals surface area contributed by atoms with E-state index in [4.69, 9.17) is 14.2 Å². The summed E-state index contributed by atoms with van der Waals surface area (Å²) in [5, 5.41) is 20.4. The smallest absolute Gasteiger partial charge is 0.174 e. The Morgan fingerprint density at radius 2 is 1.80 bits per heavy atom. The summed E-state index contributed by atoms with van der Waals surface area (Å²) in [5.74, 6) is 0.762. The number of aromatic hydroxyl groups is 2. The normalized spacial score (nSPS) is 15.4. The lowest BCUT2D eigenvalue weighted by atomic mass is 9.95. The van der Waals surface area contributed by atoms with E-state index in [1.54, 1.807) is 18.2 Å². The standard InChI is InChI=1S/C24H30O6/c1-3-4-5-6-7-8-11-29-17-13-19(26)24-20(27)15-22(30-23(24)14-17)16-9-10-21(28-2)18(25)12-16/h9-10,12-14,22,25-26H,3-8,11,15H2,1-2H3/t22-/m0/s1. The maximum absolute atomic E-state index is 12.6. The fraction of sp³-hybridized carbons (Fsp3) is 0.458. The third-order valence-corrected chi connectivity index (χ3v) is 5.32. The zero-order chi connectivity index (χ0) is 21.5. The minimum Gasteiger partial charge on any atom is -0.507 e. The van der Waals surface area contributed by atoms with Crippen molar-refractivity contribution < 1.29 is 29.2 Å². The van der Waals surface area contributed by atoms with E-state index in [0.29, 0.717) is 29.4 Å². The van der Waals surface area contributed by atoms with E-state index in [9.17, 15) is 15.0 Å². The number of ether oxygens (including phenoxy) is 3. The Labute approximate surface area is 177 Å². The maximum atomic E-state index is 12.6. The van der Waals surface area contributed by atoms with Gasteiger partial charge in [0.15, 0.2) is 17.3 Å². The first-order valence-corrected chi connectivity index (χ1v) is 10.6. The highest BCUT2D eigenvalue weighted by Crippen LogP contribution is 2.43. The number of fused-ring (bicyclic) bond motifs is 1. The van der Waals surface area contributed by atoms with Gasteiger partial charge < -0.3 is 24.4 Å². The Kier molecular flexibility index (Phi) is 7.44. The molecule has 0 amide bonds. The van der Waals surface area contributed by atoms with Crippen molar-refractivity contribution in [3.05, 3.63) is 41.5 Å². The van der Waals surface area contributed by atoms with E-state index in [1.807, 2.05) is 0 Å². The van der Waals surface area contributed by atoms with Crippen molar-refractivity contribution in [2.24, 2.45) is 0 Å². The molecule has 3 rings (SSSR count). The molecule has 0 unspecified atom stereocenters. The van der Waals surface area contributed by atoms with Crippen LogP contribution in [0.25, 0.3) is 0 Å². The van der Waals surface area contributed by atoms with Gasteiger partial charge in [-0.25, -0.2) is 0 Å². The number of hydrogen-bond acceptors (Lipinski definition) is 6. The molecule has 6 heteroatoms. The van der Waals surface area contributed by atoms with Gasteiger partial charge in [-0.3, -0.25) is 4.79 Å². The van der Waals surface area contributed by atoms with Crippen molar-refractivity contribution in [2.45, 2.75) is 58.0 Å². The first kappa shape index (κ1) is 21.8. The number of carbonyl (C=O) groups is 1. The maximum Gasteiger partial charge on any atom is 0.174 e. The zero-order valence-electron chi connectivity index (χ0n) is 17.6. The molecule has 2 aromatic carbocycles. The zero-order valence-corrected chi connectivity index (χ0v) is 17.6. The average molecular weight is 414 g/mol. The molecule has 1 aliphatic rings. The number of hydrogen-bond donors (Lipinski definition) is 2. The Hall–Kier alpha value is -2.89. The van der Waals surface area contributed by atoms with Crippen LogP contribution in [-0.4, -0.2) is 29.7 Å². The van der Waals surface area contributed by atoms with E-state index in [-0.39, 0.29) is 29.3 Å². The van der Waals surface area contributed by atoms with Crippen LogP contribution in [0.2, 0.25) is 0 Å². The Bertz CT molecular complexity index is 876. The predicted octanol–water partition coefficient (Wildman–Crippen LogP) is 5.55. The van der Waals surface area contributed by atoms with E-state index < -0.39 is 6.10 Å². The summed E-state index contributed by atoms with van der Waals surface area (Å²) in [6.07, 6.45) is 6.48. The molecule has 1 aliphatic heterocycles. The second kappa shape index (κ2) is 10.2. The lowest BCUT2D eigenvalue weighted by Gasteiger charge is -2.26. The van der Waals surface area contributed by atoms with Gasteiger partial charge in [-0.05, 0) is 24.1 Å². The van der Waals surface area contributed by atoms with Gasteiger partial charge in [-0.15, -0.1) is 0 Å². The molecular weight excluding hydrogens is 384 g/mol. The van der Waals surface area contributed by atoms with Crippen LogP contribution in [-0.2, 0) is 0 Å². The molecule has 6 nitrogen and oxygen atoms in total. The SMILES string of the molecule is CCCCCCCCOc1cc(O)c2c(c1)O[C@H](c1ccc(OC)c(O)c1)CC2=O. The first-order chi connectivity index (χ1) is 14.5. The summed E-state index contributed by atoms with van der Waals surface area (Å²) in [4.78, 5) is 12.6. The highest BCUT2D eigenvalue weighted by atomic mass is 16.5. The van der Waals surface area contributed by atoms with Crippen molar-refractivity contribution in [1.29, 1.82) is 0 Å². The molecular formula is C24H30O6. The minimum atomic E-state index is -0.560. The van der Waals surface area contributed by atoms with Gasteiger partial charge in [0.1, 0.15) is 28.9 Å². The van der Waals surface area contributed by atoms with Gasteiger partial charge in [0, 0.05) is 12.1 Å². The summed E-state index contributed by atoms with van der Waals surface area (Å²) in [6, 6.07) is 8.03. The van der Waals surface area contributed by atoms with Crippen LogP contribution >= 0.6 is 0 Å². The van der Waals surface area contributed by atoms with Crippen LogP contribution in [0.1, 0.15) is 73.9 Å². The highest BCUT2D eigenvalue weighted by Gasteiger charge is 2.31. The molecule has 0 bridgehead atoms. The lowest BCUT2D eigenvalue weighted by molar-refractivity contribution is 0.0844. The predicted molar refractivity (Wildman–Crippen MR) is 114 cm³/mol. The number of phenolic OH excluding ortho intramolecular Hbond substituents is 2. The van der Waals surface area contributed by atoms with Crippen LogP contribution in [0.3, 0.4) is 0 Å². The molecule has 0 aromatic heterocycles. The Morgan fingerprint density at radius 3 is 2.53 bits per heavy atom. The number of rotatable bonds is 10. The molecule has 2 aromatic rings. The third kappa shape index (κ3) is 5.17. The number of phenols is 2. The Morgan fingerprint density at radius 1 is 1.03 bits per heavy atom. The molecule has 30 heavy (non-hydrogen) atoms. The molecule has 1 heterocycles. The molecule has 0 spiro atoms.